The van der Waals surface area contributed by atoms with Crippen molar-refractivity contribution in [3.05, 3.63) is 47.1 Å². The lowest BCUT2D eigenvalue weighted by molar-refractivity contribution is -0.148. The first-order chi connectivity index (χ1) is 13.9. The molecule has 0 saturated carbocycles. The van der Waals surface area contributed by atoms with E-state index in [4.69, 9.17) is 16.3 Å². The van der Waals surface area contributed by atoms with Gasteiger partial charge in [-0.2, -0.15) is 0 Å². The van der Waals surface area contributed by atoms with Crippen LogP contribution < -0.4 is 4.90 Å². The highest BCUT2D eigenvalue weighted by Gasteiger charge is 2.45. The van der Waals surface area contributed by atoms with Gasteiger partial charge in [-0.1, -0.05) is 11.6 Å². The van der Waals surface area contributed by atoms with Gasteiger partial charge in [0.05, 0.1) is 5.02 Å². The quantitative estimate of drug-likeness (QED) is 0.652. The fourth-order valence-corrected chi connectivity index (χ4v) is 3.02. The van der Waals surface area contributed by atoms with Crippen molar-refractivity contribution in [3.8, 4) is 0 Å². The van der Waals surface area contributed by atoms with Crippen LogP contribution in [0.4, 0.5) is 10.6 Å². The lowest BCUT2D eigenvalue weighted by Gasteiger charge is -2.31. The molecule has 148 valence electrons. The maximum absolute atomic E-state index is 12.8. The zero-order valence-corrected chi connectivity index (χ0v) is 15.7. The van der Waals surface area contributed by atoms with Gasteiger partial charge >= 0.3 is 6.09 Å². The molecule has 2 aliphatic heterocycles. The Morgan fingerprint density at radius 2 is 1.79 bits per heavy atom. The molecule has 4 amide bonds. The molecule has 12 heteroatoms. The largest absolute Gasteiger partial charge is 0.419 e. The average molecular weight is 417 g/mol. The molecule has 0 bridgehead atoms. The van der Waals surface area contributed by atoms with Crippen LogP contribution in [0.5, 0.6) is 0 Å². The van der Waals surface area contributed by atoms with Gasteiger partial charge in [0, 0.05) is 25.6 Å². The molecular formula is C17H13ClN6O5. The first-order valence-corrected chi connectivity index (χ1v) is 8.75. The van der Waals surface area contributed by atoms with Gasteiger partial charge in [-0.3, -0.25) is 29.2 Å². The molecule has 0 aliphatic carbocycles. The van der Waals surface area contributed by atoms with Crippen LogP contribution in [0.3, 0.4) is 0 Å². The van der Waals surface area contributed by atoms with Gasteiger partial charge in [0.25, 0.3) is 5.91 Å². The fourth-order valence-electron chi connectivity index (χ4n) is 2.91. The number of piperazine rings is 1. The van der Waals surface area contributed by atoms with Crippen LogP contribution in [-0.2, 0) is 14.3 Å². The summed E-state index contributed by atoms with van der Waals surface area (Å²) in [4.78, 5) is 64.4. The van der Waals surface area contributed by atoms with E-state index in [1.807, 2.05) is 0 Å². The first kappa shape index (κ1) is 18.7. The van der Waals surface area contributed by atoms with E-state index in [-0.39, 0.29) is 30.3 Å². The van der Waals surface area contributed by atoms with Crippen LogP contribution in [0.25, 0.3) is 0 Å². The van der Waals surface area contributed by atoms with E-state index in [0.29, 0.717) is 5.02 Å². The average Bonchev–Trinajstić information content (AvgIpc) is 2.98. The number of fused-ring (bicyclic) bond motifs is 1. The molecule has 29 heavy (non-hydrogen) atoms. The molecule has 2 aromatic heterocycles. The first-order valence-electron chi connectivity index (χ1n) is 8.38. The number of imide groups is 1. The number of anilines is 1. The molecular weight excluding hydrogens is 404 g/mol. The molecule has 0 unspecified atom stereocenters. The number of hydrogen-bond donors (Lipinski definition) is 0. The van der Waals surface area contributed by atoms with Gasteiger partial charge in [-0.05, 0) is 12.1 Å². The summed E-state index contributed by atoms with van der Waals surface area (Å²) in [6, 6.07) is 3.01. The molecule has 4 rings (SSSR count). The number of aromatic nitrogens is 3. The minimum atomic E-state index is -1.27. The van der Waals surface area contributed by atoms with E-state index >= 15 is 0 Å². The summed E-state index contributed by atoms with van der Waals surface area (Å²) >= 11 is 5.85. The molecule has 0 radical (unpaired) electrons. The lowest BCUT2D eigenvalue weighted by Crippen LogP contribution is -2.54. The zero-order valence-electron chi connectivity index (χ0n) is 15.0. The van der Waals surface area contributed by atoms with Gasteiger partial charge in [-0.25, -0.2) is 19.7 Å². The van der Waals surface area contributed by atoms with Crippen molar-refractivity contribution in [2.24, 2.45) is 0 Å². The van der Waals surface area contributed by atoms with E-state index in [0.717, 1.165) is 14.7 Å². The Hall–Kier alpha value is -3.60. The Labute approximate surface area is 168 Å². The number of carbonyl (C=O) groups excluding carboxylic acids is 4. The number of amides is 4. The molecule has 2 aromatic rings. The summed E-state index contributed by atoms with van der Waals surface area (Å²) < 4.78 is 5.47. The number of rotatable bonds is 2. The van der Waals surface area contributed by atoms with Crippen molar-refractivity contribution < 1.29 is 23.9 Å². The fraction of sp³-hybridized carbons (Fsp3) is 0.235. The molecule has 1 fully saturated rings. The highest BCUT2D eigenvalue weighted by molar-refractivity contribution is 6.30. The second-order valence-corrected chi connectivity index (χ2v) is 6.68. The standard InChI is InChI=1S/C17H13ClN6O5/c1-22-11(25)7-23(8-12(22)26)17(28)29-16-14-13(19-4-5-20-14)15(27)24(16)10-3-2-9(18)6-21-10/h2-6,16H,7-8H2,1H3/t16-/m1/s1. The molecule has 1 atom stereocenters. The molecule has 0 spiro atoms. The zero-order chi connectivity index (χ0) is 20.7. The lowest BCUT2D eigenvalue weighted by atomic mass is 10.3. The predicted octanol–water partition coefficient (Wildman–Crippen LogP) is 0.621. The smallest absolute Gasteiger partial charge is 0.412 e. The van der Waals surface area contributed by atoms with Crippen LogP contribution in [0, 0.1) is 0 Å². The molecule has 2 aliphatic rings. The summed E-state index contributed by atoms with van der Waals surface area (Å²) in [7, 11) is 1.34. The van der Waals surface area contributed by atoms with Crippen LogP contribution in [0.2, 0.25) is 5.02 Å². The number of nitrogens with zero attached hydrogens (tertiary/aromatic N) is 6. The second-order valence-electron chi connectivity index (χ2n) is 6.24. The van der Waals surface area contributed by atoms with Crippen LogP contribution in [0.1, 0.15) is 22.4 Å². The van der Waals surface area contributed by atoms with E-state index in [1.54, 1.807) is 0 Å². The van der Waals surface area contributed by atoms with Crippen LogP contribution in [-0.4, -0.2) is 68.7 Å². The normalized spacial score (nSPS) is 18.9. The number of likely N-dealkylation sites (N-methyl/N-ethyl adjacent to an activating group) is 1. The summed E-state index contributed by atoms with van der Waals surface area (Å²) in [5.41, 5.74) is 0.127. The van der Waals surface area contributed by atoms with E-state index in [1.165, 1.54) is 37.8 Å². The van der Waals surface area contributed by atoms with E-state index in [9.17, 15) is 19.2 Å². The Balaban J connectivity index is 1.65. The van der Waals surface area contributed by atoms with Gasteiger partial charge < -0.3 is 4.74 Å². The van der Waals surface area contributed by atoms with Crippen molar-refractivity contribution >= 4 is 41.2 Å². The van der Waals surface area contributed by atoms with Gasteiger partial charge in [-0.15, -0.1) is 0 Å². The van der Waals surface area contributed by atoms with Crippen molar-refractivity contribution in [3.63, 3.8) is 0 Å². The number of carbonyl (C=O) groups is 4. The van der Waals surface area contributed by atoms with Gasteiger partial charge in [0.1, 0.15) is 24.6 Å². The molecule has 0 aromatic carbocycles. The van der Waals surface area contributed by atoms with Gasteiger partial charge in [0.2, 0.25) is 18.0 Å². The number of hydrogen-bond acceptors (Lipinski definition) is 8. The Kier molecular flexibility index (Phi) is 4.59. The van der Waals surface area contributed by atoms with Crippen molar-refractivity contribution in [1.82, 2.24) is 24.8 Å². The maximum Gasteiger partial charge on any atom is 0.412 e. The van der Waals surface area contributed by atoms with Crippen molar-refractivity contribution in [2.45, 2.75) is 6.23 Å². The van der Waals surface area contributed by atoms with Gasteiger partial charge in [0.15, 0.2) is 5.69 Å². The van der Waals surface area contributed by atoms with Crippen molar-refractivity contribution in [2.75, 3.05) is 25.0 Å². The van der Waals surface area contributed by atoms with Crippen LogP contribution >= 0.6 is 11.6 Å². The highest BCUT2D eigenvalue weighted by Crippen LogP contribution is 2.35. The number of halogens is 1. The minimum Gasteiger partial charge on any atom is -0.419 e. The third-order valence-corrected chi connectivity index (χ3v) is 4.67. The molecule has 4 heterocycles. The summed E-state index contributed by atoms with van der Waals surface area (Å²) in [6.07, 6.45) is 1.82. The topological polar surface area (TPSA) is 126 Å². The SMILES string of the molecule is CN1C(=O)CN(C(=O)O[C@@H]2c3nccnc3C(=O)N2c2ccc(Cl)cn2)CC1=O. The summed E-state index contributed by atoms with van der Waals surface area (Å²) in [6.45, 7) is -0.650. The number of pyridine rings is 1. The predicted molar refractivity (Wildman–Crippen MR) is 96.7 cm³/mol. The molecule has 0 N–H and O–H groups in total. The Morgan fingerprint density at radius 1 is 1.10 bits per heavy atom. The maximum atomic E-state index is 12.8. The third kappa shape index (κ3) is 3.25. The minimum absolute atomic E-state index is 0.00702. The Bertz CT molecular complexity index is 1010. The second kappa shape index (κ2) is 7.09. The highest BCUT2D eigenvalue weighted by atomic mass is 35.5. The van der Waals surface area contributed by atoms with Crippen molar-refractivity contribution in [1.29, 1.82) is 0 Å². The van der Waals surface area contributed by atoms with E-state index in [2.05, 4.69) is 15.0 Å². The van der Waals surface area contributed by atoms with E-state index < -0.39 is 30.0 Å². The Morgan fingerprint density at radius 3 is 2.45 bits per heavy atom. The third-order valence-electron chi connectivity index (χ3n) is 4.45. The molecule has 11 nitrogen and oxygen atoms in total. The summed E-state index contributed by atoms with van der Waals surface area (Å²) in [5, 5.41) is 0.358. The molecule has 1 saturated heterocycles. The number of ether oxygens (including phenoxy) is 1. The monoisotopic (exact) mass is 416 g/mol. The summed E-state index contributed by atoms with van der Waals surface area (Å²) in [5.74, 6) is -1.48. The van der Waals surface area contributed by atoms with Crippen LogP contribution in [0.15, 0.2) is 30.7 Å².